The van der Waals surface area contributed by atoms with Crippen LogP contribution in [0.5, 0.6) is 5.75 Å². The molecule has 1 N–H and O–H groups in total. The van der Waals surface area contributed by atoms with Crippen molar-refractivity contribution in [3.63, 3.8) is 0 Å². The SMILES string of the molecule is O=C(CCc1ccc(F)cc1)c1ccccc1OCC(O)CN(Cc1ccccc1)c1ccccc1. The van der Waals surface area contributed by atoms with Gasteiger partial charge in [-0.2, -0.15) is 0 Å². The summed E-state index contributed by atoms with van der Waals surface area (Å²) in [6.07, 6.45) is 0.0333. The third-order valence-electron chi connectivity index (χ3n) is 5.94. The molecule has 0 aliphatic carbocycles. The highest BCUT2D eigenvalue weighted by atomic mass is 19.1. The van der Waals surface area contributed by atoms with Crippen molar-refractivity contribution in [2.45, 2.75) is 25.5 Å². The minimum atomic E-state index is -0.767. The van der Waals surface area contributed by atoms with Gasteiger partial charge in [0.1, 0.15) is 24.3 Å². The third kappa shape index (κ3) is 7.27. The van der Waals surface area contributed by atoms with Crippen molar-refractivity contribution in [3.8, 4) is 5.75 Å². The molecule has 0 aliphatic heterocycles. The molecule has 0 fully saturated rings. The Balaban J connectivity index is 1.37. The molecular weight excluding hydrogens is 453 g/mol. The molecular formula is C31H30FNO3. The van der Waals surface area contributed by atoms with E-state index in [1.54, 1.807) is 30.3 Å². The molecule has 36 heavy (non-hydrogen) atoms. The van der Waals surface area contributed by atoms with Crippen molar-refractivity contribution >= 4 is 11.5 Å². The maximum atomic E-state index is 13.1. The topological polar surface area (TPSA) is 49.8 Å². The van der Waals surface area contributed by atoms with Gasteiger partial charge in [-0.15, -0.1) is 0 Å². The standard InChI is InChI=1S/C31H30FNO3/c32-26-18-15-24(16-19-26)17-20-30(35)29-13-7-8-14-31(29)36-23-28(34)22-33(27-11-5-2-6-12-27)21-25-9-3-1-4-10-25/h1-16,18-19,28,34H,17,20-23H2. The highest BCUT2D eigenvalue weighted by Gasteiger charge is 2.17. The number of ketones is 1. The second kappa shape index (κ2) is 12.7. The Hall–Kier alpha value is -3.96. The van der Waals surface area contributed by atoms with Gasteiger partial charge in [0.15, 0.2) is 5.78 Å². The molecule has 0 saturated carbocycles. The van der Waals surface area contributed by atoms with Crippen molar-refractivity contribution in [2.24, 2.45) is 0 Å². The van der Waals surface area contributed by atoms with Gasteiger partial charge in [0.2, 0.25) is 0 Å². The normalized spacial score (nSPS) is 11.6. The molecule has 0 aliphatic rings. The van der Waals surface area contributed by atoms with Crippen molar-refractivity contribution in [1.82, 2.24) is 0 Å². The molecule has 4 aromatic carbocycles. The number of carbonyl (C=O) groups excluding carboxylic acids is 1. The van der Waals surface area contributed by atoms with E-state index in [1.807, 2.05) is 54.6 Å². The molecule has 4 aromatic rings. The summed E-state index contributed by atoms with van der Waals surface area (Å²) in [6, 6.07) is 33.3. The summed E-state index contributed by atoms with van der Waals surface area (Å²) in [5, 5.41) is 10.8. The van der Waals surface area contributed by atoms with Crippen molar-refractivity contribution < 1.29 is 19.0 Å². The number of Topliss-reactive ketones (excluding diaryl/α,β-unsaturated/α-hetero) is 1. The number of ether oxygens (including phenoxy) is 1. The molecule has 0 radical (unpaired) electrons. The molecule has 0 amide bonds. The number of benzene rings is 4. The summed E-state index contributed by atoms with van der Waals surface area (Å²) in [5.74, 6) is 0.103. The quantitative estimate of drug-likeness (QED) is 0.248. The van der Waals surface area contributed by atoms with Gasteiger partial charge in [-0.25, -0.2) is 4.39 Å². The Morgan fingerprint density at radius 2 is 1.44 bits per heavy atom. The van der Waals surface area contributed by atoms with E-state index < -0.39 is 6.10 Å². The van der Waals surface area contributed by atoms with Crippen molar-refractivity contribution in [3.05, 3.63) is 132 Å². The predicted octanol–water partition coefficient (Wildman–Crippen LogP) is 6.09. The van der Waals surface area contributed by atoms with E-state index >= 15 is 0 Å². The first kappa shape index (κ1) is 25.1. The zero-order valence-electron chi connectivity index (χ0n) is 20.1. The number of nitrogens with zero attached hydrogens (tertiary/aromatic N) is 1. The zero-order chi connectivity index (χ0) is 25.2. The molecule has 1 unspecified atom stereocenters. The predicted molar refractivity (Wildman–Crippen MR) is 141 cm³/mol. The average molecular weight is 484 g/mol. The zero-order valence-corrected chi connectivity index (χ0v) is 20.1. The molecule has 184 valence electrons. The number of rotatable bonds is 12. The van der Waals surface area contributed by atoms with E-state index in [0.717, 1.165) is 16.8 Å². The lowest BCUT2D eigenvalue weighted by molar-refractivity contribution is 0.0958. The lowest BCUT2D eigenvalue weighted by atomic mass is 10.0. The molecule has 5 heteroatoms. The summed E-state index contributed by atoms with van der Waals surface area (Å²) in [5.41, 5.74) is 3.54. The number of aliphatic hydroxyl groups is 1. The van der Waals surface area contributed by atoms with Crippen LogP contribution < -0.4 is 9.64 Å². The second-order valence-corrected chi connectivity index (χ2v) is 8.71. The summed E-state index contributed by atoms with van der Waals surface area (Å²) in [7, 11) is 0. The first-order valence-corrected chi connectivity index (χ1v) is 12.1. The third-order valence-corrected chi connectivity index (χ3v) is 5.94. The van der Waals surface area contributed by atoms with Crippen molar-refractivity contribution in [2.75, 3.05) is 18.1 Å². The molecule has 0 spiro atoms. The highest BCUT2D eigenvalue weighted by molar-refractivity contribution is 5.98. The van der Waals surface area contributed by atoms with Crippen molar-refractivity contribution in [1.29, 1.82) is 0 Å². The summed E-state index contributed by atoms with van der Waals surface area (Å²) in [6.45, 7) is 1.08. The number of para-hydroxylation sites is 2. The second-order valence-electron chi connectivity index (χ2n) is 8.71. The van der Waals surface area contributed by atoms with Crippen LogP contribution in [-0.2, 0) is 13.0 Å². The van der Waals surface area contributed by atoms with Gasteiger partial charge in [0.25, 0.3) is 0 Å². The number of aliphatic hydroxyl groups excluding tert-OH is 1. The van der Waals surface area contributed by atoms with E-state index in [-0.39, 0.29) is 24.6 Å². The van der Waals surface area contributed by atoms with Gasteiger partial charge in [0.05, 0.1) is 5.56 Å². The minimum absolute atomic E-state index is 0.0559. The van der Waals surface area contributed by atoms with E-state index in [2.05, 4.69) is 17.0 Å². The summed E-state index contributed by atoms with van der Waals surface area (Å²) >= 11 is 0. The van der Waals surface area contributed by atoms with Gasteiger partial charge < -0.3 is 14.7 Å². The Labute approximate surface area is 211 Å². The van der Waals surface area contributed by atoms with E-state index in [4.69, 9.17) is 4.74 Å². The molecule has 4 rings (SSSR count). The lowest BCUT2D eigenvalue weighted by Crippen LogP contribution is -2.35. The van der Waals surface area contributed by atoms with Crippen LogP contribution in [0.15, 0.2) is 109 Å². The first-order valence-electron chi connectivity index (χ1n) is 12.1. The number of hydrogen-bond donors (Lipinski definition) is 1. The minimum Gasteiger partial charge on any atom is -0.490 e. The van der Waals surface area contributed by atoms with Gasteiger partial charge in [-0.05, 0) is 53.9 Å². The largest absolute Gasteiger partial charge is 0.490 e. The van der Waals surface area contributed by atoms with Gasteiger partial charge in [-0.1, -0.05) is 72.8 Å². The van der Waals surface area contributed by atoms with Crippen LogP contribution in [0.4, 0.5) is 10.1 Å². The van der Waals surface area contributed by atoms with E-state index in [0.29, 0.717) is 30.8 Å². The Bertz CT molecular complexity index is 1230. The first-order chi connectivity index (χ1) is 17.6. The van der Waals surface area contributed by atoms with Crippen LogP contribution in [0.3, 0.4) is 0 Å². The van der Waals surface area contributed by atoms with Crippen LogP contribution >= 0.6 is 0 Å². The maximum Gasteiger partial charge on any atom is 0.166 e. The fraction of sp³-hybridized carbons (Fsp3) is 0.194. The van der Waals surface area contributed by atoms with Gasteiger partial charge >= 0.3 is 0 Å². The van der Waals surface area contributed by atoms with Crippen LogP contribution in [0.1, 0.15) is 27.9 Å². The number of carbonyl (C=O) groups is 1. The van der Waals surface area contributed by atoms with Crippen LogP contribution in [0.2, 0.25) is 0 Å². The highest BCUT2D eigenvalue weighted by Crippen LogP contribution is 2.22. The number of hydrogen-bond acceptors (Lipinski definition) is 4. The number of halogens is 1. The van der Waals surface area contributed by atoms with Crippen LogP contribution in [-0.4, -0.2) is 30.1 Å². The van der Waals surface area contributed by atoms with Crippen LogP contribution in [0, 0.1) is 5.82 Å². The Morgan fingerprint density at radius 3 is 2.17 bits per heavy atom. The Kier molecular flexibility index (Phi) is 8.84. The van der Waals surface area contributed by atoms with E-state index in [1.165, 1.54) is 12.1 Å². The number of anilines is 1. The lowest BCUT2D eigenvalue weighted by Gasteiger charge is -2.27. The van der Waals surface area contributed by atoms with Crippen LogP contribution in [0.25, 0.3) is 0 Å². The molecule has 0 heterocycles. The smallest absolute Gasteiger partial charge is 0.166 e. The van der Waals surface area contributed by atoms with E-state index in [9.17, 15) is 14.3 Å². The summed E-state index contributed by atoms with van der Waals surface area (Å²) in [4.78, 5) is 15.0. The molecule has 4 nitrogen and oxygen atoms in total. The fourth-order valence-electron chi connectivity index (χ4n) is 4.06. The fourth-order valence-corrected chi connectivity index (χ4v) is 4.06. The molecule has 0 bridgehead atoms. The van der Waals surface area contributed by atoms with Gasteiger partial charge in [-0.3, -0.25) is 4.79 Å². The van der Waals surface area contributed by atoms with Gasteiger partial charge in [0, 0.05) is 25.2 Å². The number of aryl methyl sites for hydroxylation is 1. The average Bonchev–Trinajstić information content (AvgIpc) is 2.92. The Morgan fingerprint density at radius 1 is 0.806 bits per heavy atom. The monoisotopic (exact) mass is 483 g/mol. The maximum absolute atomic E-state index is 13.1. The molecule has 0 aromatic heterocycles. The molecule has 0 saturated heterocycles. The molecule has 1 atom stereocenters. The summed E-state index contributed by atoms with van der Waals surface area (Å²) < 4.78 is 19.1.